The number of benzene rings is 2. The van der Waals surface area contributed by atoms with E-state index in [9.17, 15) is 0 Å². The van der Waals surface area contributed by atoms with Crippen LogP contribution in [0.25, 0.3) is 11.6 Å². The Morgan fingerprint density at radius 1 is 0.857 bits per heavy atom. The van der Waals surface area contributed by atoms with Gasteiger partial charge < -0.3 is 23.7 Å². The minimum Gasteiger partial charge on any atom is -0.489 e. The van der Waals surface area contributed by atoms with Gasteiger partial charge in [0.05, 0.1) is 11.5 Å². The molecule has 0 radical (unpaired) electrons. The second-order valence-corrected chi connectivity index (χ2v) is 7.26. The number of hydrogen-bond donors (Lipinski definition) is 0. The van der Waals surface area contributed by atoms with Crippen LogP contribution < -0.4 is 23.7 Å². The van der Waals surface area contributed by atoms with Crippen LogP contribution in [0.3, 0.4) is 0 Å². The molecule has 2 unspecified atom stereocenters. The molecule has 140 valence electrons. The van der Waals surface area contributed by atoms with E-state index in [4.69, 9.17) is 23.7 Å². The van der Waals surface area contributed by atoms with E-state index in [1.165, 1.54) is 0 Å². The number of ether oxygens (including phenoxy) is 5. The van der Waals surface area contributed by atoms with E-state index in [0.29, 0.717) is 25.6 Å². The molecular formula is C23H18O5. The van der Waals surface area contributed by atoms with Crippen LogP contribution in [0.4, 0.5) is 0 Å². The highest BCUT2D eigenvalue weighted by molar-refractivity contribution is 5.83. The van der Waals surface area contributed by atoms with Crippen molar-refractivity contribution >= 4 is 11.6 Å². The Morgan fingerprint density at radius 2 is 1.68 bits per heavy atom. The Hall–Kier alpha value is -3.34. The molecular weight excluding hydrogens is 356 g/mol. The molecule has 28 heavy (non-hydrogen) atoms. The molecule has 0 bridgehead atoms. The fourth-order valence-electron chi connectivity index (χ4n) is 4.32. The van der Waals surface area contributed by atoms with Crippen LogP contribution in [-0.4, -0.2) is 25.9 Å². The normalized spacial score (nSPS) is 23.3. The third-order valence-corrected chi connectivity index (χ3v) is 5.61. The predicted octanol–water partition coefficient (Wildman–Crippen LogP) is 4.33. The van der Waals surface area contributed by atoms with Crippen molar-refractivity contribution in [1.29, 1.82) is 0 Å². The van der Waals surface area contributed by atoms with Crippen molar-refractivity contribution in [3.05, 3.63) is 65.9 Å². The van der Waals surface area contributed by atoms with Crippen molar-refractivity contribution in [3.8, 4) is 28.7 Å². The van der Waals surface area contributed by atoms with Crippen molar-refractivity contribution in [3.63, 3.8) is 0 Å². The first-order chi connectivity index (χ1) is 13.7. The second-order valence-electron chi connectivity index (χ2n) is 7.26. The molecule has 4 aliphatic heterocycles. The highest BCUT2D eigenvalue weighted by Gasteiger charge is 2.41. The van der Waals surface area contributed by atoms with Crippen molar-refractivity contribution in [2.75, 3.05) is 19.8 Å². The molecule has 2 atom stereocenters. The number of hydrogen-bond acceptors (Lipinski definition) is 5. The second kappa shape index (κ2) is 5.58. The minimum absolute atomic E-state index is 0.00594. The fraction of sp³-hybridized carbons (Fsp3) is 0.217. The Morgan fingerprint density at radius 3 is 2.54 bits per heavy atom. The highest BCUT2D eigenvalue weighted by atomic mass is 16.6. The lowest BCUT2D eigenvalue weighted by atomic mass is 9.79. The summed E-state index contributed by atoms with van der Waals surface area (Å²) in [7, 11) is 0. The molecule has 5 heteroatoms. The average molecular weight is 374 g/mol. The van der Waals surface area contributed by atoms with E-state index in [0.717, 1.165) is 51.0 Å². The summed E-state index contributed by atoms with van der Waals surface area (Å²) in [4.78, 5) is 0. The summed E-state index contributed by atoms with van der Waals surface area (Å²) in [5, 5.41) is 0. The van der Waals surface area contributed by atoms with Gasteiger partial charge in [-0.2, -0.15) is 0 Å². The van der Waals surface area contributed by atoms with Crippen LogP contribution in [0.1, 0.15) is 22.6 Å². The quantitative estimate of drug-likeness (QED) is 0.687. The first-order valence-electron chi connectivity index (χ1n) is 9.33. The van der Waals surface area contributed by atoms with Gasteiger partial charge in [-0.25, -0.2) is 0 Å². The third-order valence-electron chi connectivity index (χ3n) is 5.61. The summed E-state index contributed by atoms with van der Waals surface area (Å²) < 4.78 is 29.6. The molecule has 4 aliphatic rings. The number of fused-ring (bicyclic) bond motifs is 7. The van der Waals surface area contributed by atoms with Crippen LogP contribution >= 0.6 is 0 Å². The van der Waals surface area contributed by atoms with Gasteiger partial charge in [-0.05, 0) is 35.9 Å². The Labute approximate surface area is 162 Å². The van der Waals surface area contributed by atoms with Crippen LogP contribution in [0, 0.1) is 0 Å². The molecule has 2 aromatic carbocycles. The minimum atomic E-state index is -0.167. The molecule has 0 aliphatic carbocycles. The van der Waals surface area contributed by atoms with E-state index < -0.39 is 0 Å². The zero-order chi connectivity index (χ0) is 18.8. The number of allylic oxidation sites excluding steroid dienone is 1. The van der Waals surface area contributed by atoms with Gasteiger partial charge in [0.25, 0.3) is 0 Å². The molecule has 0 spiro atoms. The summed E-state index contributed by atoms with van der Waals surface area (Å²) >= 11 is 0. The van der Waals surface area contributed by atoms with Crippen molar-refractivity contribution in [2.45, 2.75) is 12.0 Å². The molecule has 0 N–H and O–H groups in total. The topological polar surface area (TPSA) is 46.2 Å². The molecule has 0 amide bonds. The smallest absolute Gasteiger partial charge is 0.165 e. The predicted molar refractivity (Wildman–Crippen MR) is 104 cm³/mol. The molecule has 0 saturated heterocycles. The average Bonchev–Trinajstić information content (AvgIpc) is 2.71. The van der Waals surface area contributed by atoms with Gasteiger partial charge in [-0.1, -0.05) is 13.2 Å². The fourth-order valence-corrected chi connectivity index (χ4v) is 4.32. The van der Waals surface area contributed by atoms with E-state index in [1.807, 2.05) is 36.4 Å². The van der Waals surface area contributed by atoms with Crippen LogP contribution in [0.5, 0.6) is 28.7 Å². The van der Waals surface area contributed by atoms with E-state index >= 15 is 0 Å². The lowest BCUT2D eigenvalue weighted by Gasteiger charge is -2.40. The van der Waals surface area contributed by atoms with Gasteiger partial charge in [-0.3, -0.25) is 0 Å². The Balaban J connectivity index is 1.47. The molecule has 2 aromatic rings. The van der Waals surface area contributed by atoms with Crippen LogP contribution in [-0.2, 0) is 0 Å². The summed E-state index contributed by atoms with van der Waals surface area (Å²) in [6, 6.07) is 7.87. The summed E-state index contributed by atoms with van der Waals surface area (Å²) in [5.41, 5.74) is 3.93. The van der Waals surface area contributed by atoms with Gasteiger partial charge in [0.15, 0.2) is 11.5 Å². The van der Waals surface area contributed by atoms with Crippen molar-refractivity contribution < 1.29 is 23.7 Å². The largest absolute Gasteiger partial charge is 0.489 e. The monoisotopic (exact) mass is 374 g/mol. The SMILES string of the molecule is C=C1C=Cc2c(ccc3c2OC2COc4cc5c(cc4C2C3=C)OCCO5)O1. The maximum Gasteiger partial charge on any atom is 0.165 e. The summed E-state index contributed by atoms with van der Waals surface area (Å²) in [5.74, 6) is 4.41. The van der Waals surface area contributed by atoms with Crippen molar-refractivity contribution in [2.24, 2.45) is 0 Å². The lowest BCUT2D eigenvalue weighted by molar-refractivity contribution is 0.0933. The molecule has 0 aromatic heterocycles. The summed E-state index contributed by atoms with van der Waals surface area (Å²) in [6.45, 7) is 9.82. The van der Waals surface area contributed by atoms with E-state index in [-0.39, 0.29) is 12.0 Å². The van der Waals surface area contributed by atoms with Gasteiger partial charge in [0.2, 0.25) is 0 Å². The zero-order valence-corrected chi connectivity index (χ0v) is 15.2. The Kier molecular flexibility index (Phi) is 3.13. The van der Waals surface area contributed by atoms with Crippen LogP contribution in [0.15, 0.2) is 49.3 Å². The van der Waals surface area contributed by atoms with Crippen molar-refractivity contribution in [1.82, 2.24) is 0 Å². The molecule has 6 rings (SSSR count). The Bertz CT molecular complexity index is 1080. The molecule has 5 nitrogen and oxygen atoms in total. The van der Waals surface area contributed by atoms with Gasteiger partial charge >= 0.3 is 0 Å². The lowest BCUT2D eigenvalue weighted by Crippen LogP contribution is -2.39. The number of rotatable bonds is 0. The third kappa shape index (κ3) is 2.13. The van der Waals surface area contributed by atoms with Crippen LogP contribution in [0.2, 0.25) is 0 Å². The molecule has 0 fully saturated rings. The zero-order valence-electron chi connectivity index (χ0n) is 15.2. The maximum absolute atomic E-state index is 6.42. The van der Waals surface area contributed by atoms with Gasteiger partial charge in [0.1, 0.15) is 48.9 Å². The highest BCUT2D eigenvalue weighted by Crippen LogP contribution is 2.53. The van der Waals surface area contributed by atoms with E-state index in [1.54, 1.807) is 0 Å². The van der Waals surface area contributed by atoms with Gasteiger partial charge in [-0.15, -0.1) is 0 Å². The maximum atomic E-state index is 6.42. The van der Waals surface area contributed by atoms with Gasteiger partial charge in [0, 0.05) is 17.2 Å². The van der Waals surface area contributed by atoms with E-state index in [2.05, 4.69) is 13.2 Å². The summed E-state index contributed by atoms with van der Waals surface area (Å²) in [6.07, 6.45) is 3.66. The molecule has 0 saturated carbocycles. The first kappa shape index (κ1) is 15.7. The first-order valence-corrected chi connectivity index (χ1v) is 9.33. The standard InChI is InChI=1S/C23H18O5/c1-12-3-4-15-17(27-12)6-5-14-13(2)22-16-9-19-20(25-8-7-24-19)10-18(16)26-11-21(22)28-23(14)15/h3-6,9-10,21-22H,1-2,7-8,11H2. The molecule has 4 heterocycles.